The molecule has 3 heterocycles. The van der Waals surface area contributed by atoms with Crippen molar-refractivity contribution in [3.05, 3.63) is 17.3 Å². The van der Waals surface area contributed by atoms with Gasteiger partial charge in [-0.05, 0) is 18.8 Å². The molecule has 1 N–H and O–H groups in total. The highest BCUT2D eigenvalue weighted by atomic mass is 32.1. The number of nitrogens with one attached hydrogen (secondary N) is 1. The Labute approximate surface area is 122 Å². The monoisotopic (exact) mass is 295 g/mol. The van der Waals surface area contributed by atoms with Gasteiger partial charge in [0.1, 0.15) is 5.69 Å². The van der Waals surface area contributed by atoms with E-state index >= 15 is 0 Å². The van der Waals surface area contributed by atoms with Gasteiger partial charge in [-0.3, -0.25) is 4.40 Å². The van der Waals surface area contributed by atoms with Crippen LogP contribution in [0, 0.1) is 5.92 Å². The predicted molar refractivity (Wildman–Crippen MR) is 79.5 cm³/mol. The van der Waals surface area contributed by atoms with E-state index in [-0.39, 0.29) is 0 Å². The second-order valence-electron chi connectivity index (χ2n) is 5.12. The molecule has 0 aliphatic carbocycles. The molecule has 0 spiro atoms. The molecule has 0 radical (unpaired) electrons. The Morgan fingerprint density at radius 2 is 2.50 bits per heavy atom. The first-order chi connectivity index (χ1) is 9.83. The lowest BCUT2D eigenvalue weighted by atomic mass is 10.00. The van der Waals surface area contributed by atoms with Crippen LogP contribution in [0.2, 0.25) is 0 Å². The Hall–Kier alpha value is -1.11. The number of aromatic nitrogens is 2. The highest BCUT2D eigenvalue weighted by Crippen LogP contribution is 2.24. The van der Waals surface area contributed by atoms with Crippen molar-refractivity contribution in [2.75, 3.05) is 20.3 Å². The number of imidazole rings is 1. The summed E-state index contributed by atoms with van der Waals surface area (Å²) in [6, 6.07) is 0. The molecule has 1 fully saturated rings. The molecule has 6 heteroatoms. The third kappa shape index (κ3) is 2.55. The summed E-state index contributed by atoms with van der Waals surface area (Å²) in [5.74, 6) is 1.34. The minimum absolute atomic E-state index is 0.413. The van der Waals surface area contributed by atoms with Crippen molar-refractivity contribution in [3.8, 4) is 5.88 Å². The fourth-order valence-electron chi connectivity index (χ4n) is 2.89. The lowest BCUT2D eigenvalue weighted by Gasteiger charge is -2.17. The van der Waals surface area contributed by atoms with Crippen LogP contribution in [0.4, 0.5) is 0 Å². The van der Waals surface area contributed by atoms with Crippen molar-refractivity contribution in [1.29, 1.82) is 0 Å². The first-order valence-electron chi connectivity index (χ1n) is 7.14. The van der Waals surface area contributed by atoms with Crippen molar-refractivity contribution in [2.24, 2.45) is 5.92 Å². The normalized spacial score (nSPS) is 22.7. The average Bonchev–Trinajstić information content (AvgIpc) is 3.14. The van der Waals surface area contributed by atoms with Crippen molar-refractivity contribution < 1.29 is 9.47 Å². The lowest BCUT2D eigenvalue weighted by Crippen LogP contribution is -2.28. The van der Waals surface area contributed by atoms with Gasteiger partial charge in [0.2, 0.25) is 5.88 Å². The van der Waals surface area contributed by atoms with Gasteiger partial charge in [-0.15, -0.1) is 11.3 Å². The molecule has 2 atom stereocenters. The van der Waals surface area contributed by atoms with Crippen LogP contribution in [0.3, 0.4) is 0 Å². The summed E-state index contributed by atoms with van der Waals surface area (Å²) in [6.07, 6.45) is 4.70. The third-order valence-electron chi connectivity index (χ3n) is 3.97. The zero-order chi connectivity index (χ0) is 13.9. The molecule has 2 aromatic rings. The summed E-state index contributed by atoms with van der Waals surface area (Å²) in [5.41, 5.74) is 1.09. The molecule has 0 bridgehead atoms. The number of fused-ring (bicyclic) bond motifs is 1. The molecule has 2 unspecified atom stereocenters. The average molecular weight is 295 g/mol. The molecule has 1 aliphatic heterocycles. The van der Waals surface area contributed by atoms with Crippen LogP contribution in [0.25, 0.3) is 4.96 Å². The first kappa shape index (κ1) is 13.9. The summed E-state index contributed by atoms with van der Waals surface area (Å²) in [7, 11) is 1.67. The van der Waals surface area contributed by atoms with Crippen molar-refractivity contribution in [3.63, 3.8) is 0 Å². The summed E-state index contributed by atoms with van der Waals surface area (Å²) in [4.78, 5) is 5.45. The largest absolute Gasteiger partial charge is 0.480 e. The van der Waals surface area contributed by atoms with Crippen LogP contribution in [0.15, 0.2) is 11.6 Å². The van der Waals surface area contributed by atoms with Crippen LogP contribution < -0.4 is 10.1 Å². The molecular weight excluding hydrogens is 274 g/mol. The van der Waals surface area contributed by atoms with E-state index < -0.39 is 0 Å². The van der Waals surface area contributed by atoms with E-state index in [0.717, 1.165) is 49.1 Å². The van der Waals surface area contributed by atoms with Crippen molar-refractivity contribution in [2.45, 2.75) is 32.4 Å². The van der Waals surface area contributed by atoms with Crippen molar-refractivity contribution >= 4 is 16.3 Å². The third-order valence-corrected chi connectivity index (χ3v) is 4.72. The fourth-order valence-corrected chi connectivity index (χ4v) is 3.61. The van der Waals surface area contributed by atoms with E-state index in [4.69, 9.17) is 9.47 Å². The second kappa shape index (κ2) is 6.11. The number of thiazole rings is 1. The maximum Gasteiger partial charge on any atom is 0.237 e. The summed E-state index contributed by atoms with van der Waals surface area (Å²) < 4.78 is 13.2. The van der Waals surface area contributed by atoms with Crippen LogP contribution in [-0.4, -0.2) is 35.8 Å². The quantitative estimate of drug-likeness (QED) is 0.888. The first-order valence-corrected chi connectivity index (χ1v) is 8.02. The van der Waals surface area contributed by atoms with Crippen LogP contribution >= 0.6 is 11.3 Å². The molecule has 0 saturated carbocycles. The number of hydrogen-bond acceptors (Lipinski definition) is 5. The highest BCUT2D eigenvalue weighted by Gasteiger charge is 2.26. The van der Waals surface area contributed by atoms with Crippen LogP contribution in [0.1, 0.15) is 25.5 Å². The predicted octanol–water partition coefficient (Wildman–Crippen LogP) is 2.31. The van der Waals surface area contributed by atoms with Crippen LogP contribution in [-0.2, 0) is 11.3 Å². The Morgan fingerprint density at radius 3 is 3.30 bits per heavy atom. The topological polar surface area (TPSA) is 47.8 Å². The second-order valence-corrected chi connectivity index (χ2v) is 5.99. The van der Waals surface area contributed by atoms with Gasteiger partial charge in [0.15, 0.2) is 4.96 Å². The Morgan fingerprint density at radius 1 is 1.60 bits per heavy atom. The van der Waals surface area contributed by atoms with E-state index in [2.05, 4.69) is 21.6 Å². The molecular formula is C14H21N3O2S. The molecule has 3 rings (SSSR count). The SMILES string of the molecule is CCC1OCCC1CNCc1c(OC)nc2sccn12. The zero-order valence-electron chi connectivity index (χ0n) is 12.0. The molecule has 20 heavy (non-hydrogen) atoms. The molecule has 5 nitrogen and oxygen atoms in total. The minimum atomic E-state index is 0.413. The van der Waals surface area contributed by atoms with Gasteiger partial charge >= 0.3 is 0 Å². The van der Waals surface area contributed by atoms with E-state index in [1.54, 1.807) is 18.4 Å². The Bertz CT molecular complexity index is 566. The zero-order valence-corrected chi connectivity index (χ0v) is 12.8. The van der Waals surface area contributed by atoms with Gasteiger partial charge in [0.25, 0.3) is 0 Å². The van der Waals surface area contributed by atoms with Gasteiger partial charge in [0.05, 0.1) is 13.2 Å². The van der Waals surface area contributed by atoms with Gasteiger partial charge in [-0.1, -0.05) is 6.92 Å². The molecule has 2 aromatic heterocycles. The standard InChI is InChI=1S/C14H21N3O2S/c1-3-12-10(4-6-19-12)8-15-9-11-13(18-2)16-14-17(11)5-7-20-14/h5,7,10,12,15H,3-4,6,8-9H2,1-2H3. The van der Waals surface area contributed by atoms with Gasteiger partial charge in [0, 0.05) is 31.3 Å². The smallest absolute Gasteiger partial charge is 0.237 e. The Balaban J connectivity index is 1.63. The highest BCUT2D eigenvalue weighted by molar-refractivity contribution is 7.15. The van der Waals surface area contributed by atoms with Gasteiger partial charge < -0.3 is 14.8 Å². The van der Waals surface area contributed by atoms with E-state index in [1.807, 2.05) is 11.6 Å². The fraction of sp³-hybridized carbons (Fsp3) is 0.643. The van der Waals surface area contributed by atoms with Crippen molar-refractivity contribution in [1.82, 2.24) is 14.7 Å². The molecule has 110 valence electrons. The minimum Gasteiger partial charge on any atom is -0.480 e. The number of nitrogens with zero attached hydrogens (tertiary/aromatic N) is 2. The summed E-state index contributed by atoms with van der Waals surface area (Å²) >= 11 is 1.62. The number of rotatable bonds is 6. The summed E-state index contributed by atoms with van der Waals surface area (Å²) in [6.45, 7) is 4.85. The summed E-state index contributed by atoms with van der Waals surface area (Å²) in [5, 5.41) is 5.58. The number of methoxy groups -OCH3 is 1. The van der Waals surface area contributed by atoms with Gasteiger partial charge in [-0.2, -0.15) is 4.98 Å². The van der Waals surface area contributed by atoms with E-state index in [9.17, 15) is 0 Å². The maximum atomic E-state index is 5.72. The molecule has 1 saturated heterocycles. The molecule has 0 aromatic carbocycles. The number of hydrogen-bond donors (Lipinski definition) is 1. The van der Waals surface area contributed by atoms with Crippen LogP contribution in [0.5, 0.6) is 5.88 Å². The number of ether oxygens (including phenoxy) is 2. The van der Waals surface area contributed by atoms with E-state index in [1.165, 1.54) is 0 Å². The lowest BCUT2D eigenvalue weighted by molar-refractivity contribution is 0.0872. The molecule has 0 amide bonds. The van der Waals surface area contributed by atoms with Gasteiger partial charge in [-0.25, -0.2) is 0 Å². The molecule has 1 aliphatic rings. The maximum absolute atomic E-state index is 5.72. The van der Waals surface area contributed by atoms with E-state index in [0.29, 0.717) is 12.0 Å². The Kier molecular flexibility index (Phi) is 4.24.